The lowest BCUT2D eigenvalue weighted by Gasteiger charge is -2.08. The highest BCUT2D eigenvalue weighted by atomic mass is 16.5. The lowest BCUT2D eigenvalue weighted by atomic mass is 10.2. The van der Waals surface area contributed by atoms with Crippen molar-refractivity contribution in [2.75, 3.05) is 5.73 Å². The molecule has 0 spiro atoms. The molecule has 0 aliphatic carbocycles. The Morgan fingerprint density at radius 3 is 2.80 bits per heavy atom. The van der Waals surface area contributed by atoms with Crippen LogP contribution in [0.15, 0.2) is 42.5 Å². The van der Waals surface area contributed by atoms with Gasteiger partial charge in [-0.05, 0) is 36.8 Å². The van der Waals surface area contributed by atoms with Crippen LogP contribution in [0.4, 0.5) is 5.69 Å². The molecule has 0 unspecified atom stereocenters. The Morgan fingerprint density at radius 1 is 1.20 bits per heavy atom. The number of para-hydroxylation sites is 1. The Kier molecular flexibility index (Phi) is 3.06. The van der Waals surface area contributed by atoms with Crippen LogP contribution in [0.2, 0.25) is 0 Å². The van der Waals surface area contributed by atoms with E-state index in [-0.39, 0.29) is 0 Å². The number of aromatic nitrogens is 2. The molecule has 2 N–H and O–H groups in total. The van der Waals surface area contributed by atoms with Crippen molar-refractivity contribution in [2.24, 2.45) is 7.05 Å². The van der Waals surface area contributed by atoms with Crippen molar-refractivity contribution in [1.82, 2.24) is 9.55 Å². The van der Waals surface area contributed by atoms with E-state index in [1.54, 1.807) is 0 Å². The monoisotopic (exact) mass is 267 g/mol. The normalized spacial score (nSPS) is 10.9. The van der Waals surface area contributed by atoms with E-state index in [1.807, 2.05) is 61.0 Å². The summed E-state index contributed by atoms with van der Waals surface area (Å²) in [5.74, 6) is 1.77. The molecule has 3 rings (SSSR count). The average Bonchev–Trinajstić information content (AvgIpc) is 2.75. The van der Waals surface area contributed by atoms with Crippen molar-refractivity contribution < 1.29 is 4.74 Å². The topological polar surface area (TPSA) is 53.1 Å². The largest absolute Gasteiger partial charge is 0.485 e. The van der Waals surface area contributed by atoms with Gasteiger partial charge in [-0.2, -0.15) is 0 Å². The van der Waals surface area contributed by atoms with Crippen LogP contribution in [0, 0.1) is 6.92 Å². The van der Waals surface area contributed by atoms with Gasteiger partial charge in [0.1, 0.15) is 18.2 Å². The third kappa shape index (κ3) is 2.20. The van der Waals surface area contributed by atoms with Gasteiger partial charge in [0, 0.05) is 12.7 Å². The van der Waals surface area contributed by atoms with Crippen molar-refractivity contribution in [3.8, 4) is 5.75 Å². The SMILES string of the molecule is Cc1ccccc1OCc1nc2ccc(N)cc2n1C. The fourth-order valence-electron chi connectivity index (χ4n) is 2.25. The maximum Gasteiger partial charge on any atom is 0.147 e. The molecule has 20 heavy (non-hydrogen) atoms. The van der Waals surface area contributed by atoms with Crippen molar-refractivity contribution in [2.45, 2.75) is 13.5 Å². The number of rotatable bonds is 3. The van der Waals surface area contributed by atoms with Gasteiger partial charge in [-0.15, -0.1) is 0 Å². The molecule has 0 amide bonds. The minimum atomic E-state index is 0.440. The number of nitrogens with two attached hydrogens (primary N) is 1. The molecule has 102 valence electrons. The first kappa shape index (κ1) is 12.5. The van der Waals surface area contributed by atoms with Crippen LogP contribution in [0.25, 0.3) is 11.0 Å². The molecule has 0 aliphatic heterocycles. The number of imidazole rings is 1. The first-order chi connectivity index (χ1) is 9.65. The van der Waals surface area contributed by atoms with Crippen LogP contribution in [-0.2, 0) is 13.7 Å². The zero-order valence-electron chi connectivity index (χ0n) is 11.6. The molecule has 2 aromatic carbocycles. The second kappa shape index (κ2) is 4.89. The van der Waals surface area contributed by atoms with Crippen LogP contribution in [0.1, 0.15) is 11.4 Å². The van der Waals surface area contributed by atoms with Gasteiger partial charge in [0.15, 0.2) is 0 Å². The van der Waals surface area contributed by atoms with Gasteiger partial charge < -0.3 is 15.0 Å². The number of nitrogen functional groups attached to an aromatic ring is 1. The molecule has 1 heterocycles. The van der Waals surface area contributed by atoms with Crippen LogP contribution in [0.3, 0.4) is 0 Å². The number of benzene rings is 2. The fraction of sp³-hybridized carbons (Fsp3) is 0.188. The molecule has 0 saturated heterocycles. The van der Waals surface area contributed by atoms with Crippen LogP contribution >= 0.6 is 0 Å². The first-order valence-corrected chi connectivity index (χ1v) is 6.54. The summed E-state index contributed by atoms with van der Waals surface area (Å²) in [7, 11) is 1.98. The highest BCUT2D eigenvalue weighted by molar-refractivity contribution is 5.79. The van der Waals surface area contributed by atoms with Crippen LogP contribution in [-0.4, -0.2) is 9.55 Å². The quantitative estimate of drug-likeness (QED) is 0.742. The van der Waals surface area contributed by atoms with Crippen molar-refractivity contribution in [3.63, 3.8) is 0 Å². The van der Waals surface area contributed by atoms with Gasteiger partial charge in [0.25, 0.3) is 0 Å². The summed E-state index contributed by atoms with van der Waals surface area (Å²) < 4.78 is 7.87. The van der Waals surface area contributed by atoms with E-state index in [0.29, 0.717) is 6.61 Å². The number of hydrogen-bond acceptors (Lipinski definition) is 3. The van der Waals surface area contributed by atoms with Crippen LogP contribution < -0.4 is 10.5 Å². The maximum atomic E-state index is 5.85. The second-order valence-corrected chi connectivity index (χ2v) is 4.89. The summed E-state index contributed by atoms with van der Waals surface area (Å²) >= 11 is 0. The van der Waals surface area contributed by atoms with E-state index >= 15 is 0 Å². The summed E-state index contributed by atoms with van der Waals surface area (Å²) in [5.41, 5.74) is 9.63. The highest BCUT2D eigenvalue weighted by Gasteiger charge is 2.09. The fourth-order valence-corrected chi connectivity index (χ4v) is 2.25. The van der Waals surface area contributed by atoms with Crippen molar-refractivity contribution in [3.05, 3.63) is 53.9 Å². The number of ether oxygens (including phenoxy) is 1. The predicted octanol–water partition coefficient (Wildman–Crippen LogP) is 3.04. The summed E-state index contributed by atoms with van der Waals surface area (Å²) in [6.45, 7) is 2.47. The van der Waals surface area contributed by atoms with E-state index in [0.717, 1.165) is 33.9 Å². The standard InChI is InChI=1S/C16H17N3O/c1-11-5-3-4-6-15(11)20-10-16-18-13-8-7-12(17)9-14(13)19(16)2/h3-9H,10,17H2,1-2H3. The third-order valence-electron chi connectivity index (χ3n) is 3.45. The molecule has 0 aliphatic rings. The van der Waals surface area contributed by atoms with Gasteiger partial charge in [-0.3, -0.25) is 0 Å². The molecule has 3 aromatic rings. The van der Waals surface area contributed by atoms with Gasteiger partial charge in [0.05, 0.1) is 11.0 Å². The zero-order valence-corrected chi connectivity index (χ0v) is 11.6. The number of aryl methyl sites for hydroxylation is 2. The van der Waals surface area contributed by atoms with E-state index in [2.05, 4.69) is 4.98 Å². The van der Waals surface area contributed by atoms with Gasteiger partial charge in [-0.1, -0.05) is 18.2 Å². The lowest BCUT2D eigenvalue weighted by Crippen LogP contribution is -2.04. The highest BCUT2D eigenvalue weighted by Crippen LogP contribution is 2.21. The van der Waals surface area contributed by atoms with E-state index < -0.39 is 0 Å². The Labute approximate surface area is 117 Å². The van der Waals surface area contributed by atoms with Gasteiger partial charge in [0.2, 0.25) is 0 Å². The van der Waals surface area contributed by atoms with E-state index in [4.69, 9.17) is 10.5 Å². The summed E-state index contributed by atoms with van der Waals surface area (Å²) in [6, 6.07) is 13.7. The van der Waals surface area contributed by atoms with Gasteiger partial charge in [-0.25, -0.2) is 4.98 Å². The number of nitrogens with zero attached hydrogens (tertiary/aromatic N) is 2. The smallest absolute Gasteiger partial charge is 0.147 e. The summed E-state index contributed by atoms with van der Waals surface area (Å²) in [5, 5.41) is 0. The summed E-state index contributed by atoms with van der Waals surface area (Å²) in [6.07, 6.45) is 0. The summed E-state index contributed by atoms with van der Waals surface area (Å²) in [4.78, 5) is 4.58. The maximum absolute atomic E-state index is 5.85. The Balaban J connectivity index is 1.88. The molecule has 0 fully saturated rings. The first-order valence-electron chi connectivity index (χ1n) is 6.54. The Morgan fingerprint density at radius 2 is 2.00 bits per heavy atom. The molecule has 4 heteroatoms. The molecule has 0 radical (unpaired) electrons. The van der Waals surface area contributed by atoms with E-state index in [9.17, 15) is 0 Å². The average molecular weight is 267 g/mol. The number of hydrogen-bond donors (Lipinski definition) is 1. The lowest BCUT2D eigenvalue weighted by molar-refractivity contribution is 0.290. The molecular weight excluding hydrogens is 250 g/mol. The number of fused-ring (bicyclic) bond motifs is 1. The Hall–Kier alpha value is -2.49. The van der Waals surface area contributed by atoms with Crippen LogP contribution in [0.5, 0.6) is 5.75 Å². The van der Waals surface area contributed by atoms with Crippen molar-refractivity contribution in [1.29, 1.82) is 0 Å². The Bertz CT molecular complexity index is 762. The molecular formula is C16H17N3O. The molecule has 0 saturated carbocycles. The molecule has 0 bridgehead atoms. The van der Waals surface area contributed by atoms with Gasteiger partial charge >= 0.3 is 0 Å². The second-order valence-electron chi connectivity index (χ2n) is 4.89. The molecule has 0 atom stereocenters. The molecule has 1 aromatic heterocycles. The number of anilines is 1. The third-order valence-corrected chi connectivity index (χ3v) is 3.45. The predicted molar refractivity (Wildman–Crippen MR) is 80.6 cm³/mol. The molecule has 4 nitrogen and oxygen atoms in total. The minimum Gasteiger partial charge on any atom is -0.485 e. The zero-order chi connectivity index (χ0) is 14.1. The van der Waals surface area contributed by atoms with E-state index in [1.165, 1.54) is 0 Å². The van der Waals surface area contributed by atoms with Crippen molar-refractivity contribution >= 4 is 16.7 Å². The minimum absolute atomic E-state index is 0.440.